The largest absolute Gasteiger partial charge is 0.452 e. The summed E-state index contributed by atoms with van der Waals surface area (Å²) in [5.41, 5.74) is -0.404. The van der Waals surface area contributed by atoms with E-state index in [1.165, 1.54) is 12.1 Å². The van der Waals surface area contributed by atoms with Gasteiger partial charge in [-0.2, -0.15) is 13.2 Å². The monoisotopic (exact) mass is 411 g/mol. The molecular weight excluding hydrogens is 403 g/mol. The lowest BCUT2D eigenvalue weighted by molar-refractivity contribution is -0.138. The van der Waals surface area contributed by atoms with Crippen LogP contribution in [0, 0.1) is 0 Å². The Morgan fingerprint density at radius 3 is 2.40 bits per heavy atom. The van der Waals surface area contributed by atoms with Crippen molar-refractivity contribution in [1.82, 2.24) is 5.32 Å². The highest BCUT2D eigenvalue weighted by Crippen LogP contribution is 2.32. The average Bonchev–Trinajstić information content (AvgIpc) is 2.68. The van der Waals surface area contributed by atoms with Gasteiger partial charge in [-0.1, -0.05) is 18.2 Å². The summed E-state index contributed by atoms with van der Waals surface area (Å²) in [4.78, 5) is 0. The van der Waals surface area contributed by atoms with E-state index in [2.05, 4.69) is 37.2 Å². The van der Waals surface area contributed by atoms with Crippen molar-refractivity contribution in [2.45, 2.75) is 19.3 Å². The average molecular weight is 413 g/mol. The smallest absolute Gasteiger partial charge is 0.416 e. The van der Waals surface area contributed by atoms with Gasteiger partial charge in [0.05, 0.1) is 16.6 Å². The lowest BCUT2D eigenvalue weighted by atomic mass is 10.1. The molecule has 0 spiro atoms. The van der Waals surface area contributed by atoms with Gasteiger partial charge in [0.1, 0.15) is 5.76 Å². The van der Waals surface area contributed by atoms with Crippen LogP contribution in [-0.2, 0) is 19.3 Å². The van der Waals surface area contributed by atoms with E-state index in [1.54, 1.807) is 12.1 Å². The predicted octanol–water partition coefficient (Wildman–Crippen LogP) is 5.11. The van der Waals surface area contributed by atoms with Crippen LogP contribution in [0.25, 0.3) is 0 Å². The third kappa shape index (κ3) is 3.86. The van der Waals surface area contributed by atoms with Gasteiger partial charge < -0.3 is 9.73 Å². The maximum atomic E-state index is 12.8. The molecule has 0 unspecified atom stereocenters. The summed E-state index contributed by atoms with van der Waals surface area (Å²) in [5, 5.41) is 2.94. The molecule has 0 atom stereocenters. The fourth-order valence-corrected chi connectivity index (χ4v) is 2.41. The van der Waals surface area contributed by atoms with Gasteiger partial charge in [0, 0.05) is 6.54 Å². The van der Waals surface area contributed by atoms with E-state index in [0.29, 0.717) is 17.0 Å². The maximum Gasteiger partial charge on any atom is 0.416 e. The summed E-state index contributed by atoms with van der Waals surface area (Å²) in [7, 11) is 0. The molecule has 1 N–H and O–H groups in total. The number of hydrogen-bond acceptors (Lipinski definition) is 2. The minimum Gasteiger partial charge on any atom is -0.452 e. The van der Waals surface area contributed by atoms with Gasteiger partial charge in [0.15, 0.2) is 4.67 Å². The fraction of sp³-hybridized carbons (Fsp3) is 0.231. The minimum atomic E-state index is -4.34. The Hall–Kier alpha value is -0.790. The van der Waals surface area contributed by atoms with Crippen molar-refractivity contribution in [1.29, 1.82) is 0 Å². The van der Waals surface area contributed by atoms with E-state index in [9.17, 15) is 13.2 Å². The Morgan fingerprint density at radius 2 is 1.80 bits per heavy atom. The molecule has 0 aliphatic rings. The van der Waals surface area contributed by atoms with Gasteiger partial charge in [-0.05, 0) is 49.6 Å². The molecule has 0 saturated heterocycles. The summed E-state index contributed by atoms with van der Waals surface area (Å²) in [6, 6.07) is 7.27. The Bertz CT molecular complexity index is 576. The third-order valence-electron chi connectivity index (χ3n) is 2.63. The molecule has 0 fully saturated rings. The molecular formula is C13H10Br2F3NO. The van der Waals surface area contributed by atoms with Crippen LogP contribution < -0.4 is 5.32 Å². The zero-order valence-corrected chi connectivity index (χ0v) is 13.3. The molecule has 0 amide bonds. The molecule has 0 aliphatic carbocycles. The number of furan rings is 1. The van der Waals surface area contributed by atoms with Crippen molar-refractivity contribution in [3.05, 3.63) is 56.4 Å². The molecule has 2 aromatic rings. The lowest BCUT2D eigenvalue weighted by Crippen LogP contribution is -2.17. The zero-order valence-electron chi connectivity index (χ0n) is 10.1. The van der Waals surface area contributed by atoms with Gasteiger partial charge >= 0.3 is 6.18 Å². The predicted molar refractivity (Wildman–Crippen MR) is 76.1 cm³/mol. The van der Waals surface area contributed by atoms with Crippen LogP contribution in [0.3, 0.4) is 0 Å². The first-order valence-corrected chi connectivity index (χ1v) is 7.26. The van der Waals surface area contributed by atoms with E-state index in [1.807, 2.05) is 0 Å². The second-order valence-electron chi connectivity index (χ2n) is 4.09. The van der Waals surface area contributed by atoms with E-state index < -0.39 is 11.7 Å². The normalized spacial score (nSPS) is 11.8. The Kier molecular flexibility index (Phi) is 4.93. The standard InChI is InChI=1S/C13H10Br2F3NO/c14-11-5-9(20-12(11)15)7-19-6-8-3-1-2-4-10(8)13(16,17)18/h1-5,19H,6-7H2. The van der Waals surface area contributed by atoms with E-state index in [0.717, 1.165) is 10.5 Å². The summed E-state index contributed by atoms with van der Waals surface area (Å²) in [6.45, 7) is 0.460. The topological polar surface area (TPSA) is 25.2 Å². The molecule has 2 nitrogen and oxygen atoms in total. The molecule has 1 aromatic heterocycles. The molecule has 20 heavy (non-hydrogen) atoms. The van der Waals surface area contributed by atoms with Crippen LogP contribution in [0.15, 0.2) is 43.9 Å². The van der Waals surface area contributed by atoms with Crippen LogP contribution in [0.2, 0.25) is 0 Å². The lowest BCUT2D eigenvalue weighted by Gasteiger charge is -2.12. The molecule has 108 valence electrons. The van der Waals surface area contributed by atoms with E-state index in [4.69, 9.17) is 4.42 Å². The second kappa shape index (κ2) is 6.32. The van der Waals surface area contributed by atoms with Crippen molar-refractivity contribution in [2.75, 3.05) is 0 Å². The first kappa shape index (κ1) is 15.6. The van der Waals surface area contributed by atoms with E-state index >= 15 is 0 Å². The van der Waals surface area contributed by atoms with Gasteiger partial charge in [-0.25, -0.2) is 0 Å². The van der Waals surface area contributed by atoms with Crippen molar-refractivity contribution in [3.8, 4) is 0 Å². The van der Waals surface area contributed by atoms with Crippen LogP contribution in [-0.4, -0.2) is 0 Å². The molecule has 1 aromatic carbocycles. The highest BCUT2D eigenvalue weighted by Gasteiger charge is 2.32. The molecule has 0 radical (unpaired) electrons. The van der Waals surface area contributed by atoms with Gasteiger partial charge in [0.25, 0.3) is 0 Å². The molecule has 2 rings (SSSR count). The van der Waals surface area contributed by atoms with Gasteiger partial charge in [-0.3, -0.25) is 0 Å². The van der Waals surface area contributed by atoms with Crippen molar-refractivity contribution < 1.29 is 17.6 Å². The maximum absolute atomic E-state index is 12.8. The minimum absolute atomic E-state index is 0.117. The number of rotatable bonds is 4. The molecule has 0 bridgehead atoms. The Balaban J connectivity index is 2.01. The highest BCUT2D eigenvalue weighted by atomic mass is 79.9. The third-order valence-corrected chi connectivity index (χ3v) is 4.34. The number of hydrogen-bond donors (Lipinski definition) is 1. The number of halogens is 5. The van der Waals surface area contributed by atoms with E-state index in [-0.39, 0.29) is 12.1 Å². The first-order valence-electron chi connectivity index (χ1n) is 5.67. The number of alkyl halides is 3. The quantitative estimate of drug-likeness (QED) is 0.754. The summed E-state index contributed by atoms with van der Waals surface area (Å²) >= 11 is 6.47. The summed E-state index contributed by atoms with van der Waals surface area (Å²) in [5.74, 6) is 0.633. The number of benzene rings is 1. The first-order chi connectivity index (χ1) is 9.38. The van der Waals surface area contributed by atoms with Gasteiger partial charge in [0.2, 0.25) is 0 Å². The number of nitrogens with one attached hydrogen (secondary N) is 1. The van der Waals surface area contributed by atoms with Crippen LogP contribution in [0.5, 0.6) is 0 Å². The fourth-order valence-electron chi connectivity index (χ4n) is 1.75. The molecule has 0 aliphatic heterocycles. The summed E-state index contributed by atoms with van der Waals surface area (Å²) in [6.07, 6.45) is -4.34. The van der Waals surface area contributed by atoms with Crippen molar-refractivity contribution >= 4 is 31.9 Å². The Morgan fingerprint density at radius 1 is 1.10 bits per heavy atom. The van der Waals surface area contributed by atoms with Crippen molar-refractivity contribution in [3.63, 3.8) is 0 Å². The molecule has 0 saturated carbocycles. The second-order valence-corrected chi connectivity index (χ2v) is 5.67. The van der Waals surface area contributed by atoms with Gasteiger partial charge in [-0.15, -0.1) is 0 Å². The van der Waals surface area contributed by atoms with Crippen LogP contribution >= 0.6 is 31.9 Å². The SMILES string of the molecule is FC(F)(F)c1ccccc1CNCc1cc(Br)c(Br)o1. The molecule has 7 heteroatoms. The van der Waals surface area contributed by atoms with Crippen LogP contribution in [0.4, 0.5) is 13.2 Å². The zero-order chi connectivity index (χ0) is 14.8. The van der Waals surface area contributed by atoms with Crippen molar-refractivity contribution in [2.24, 2.45) is 0 Å². The highest BCUT2D eigenvalue weighted by molar-refractivity contribution is 9.13. The Labute approximate surface area is 130 Å². The summed E-state index contributed by atoms with van der Waals surface area (Å²) < 4.78 is 45.1. The molecule has 1 heterocycles. The van der Waals surface area contributed by atoms with Crippen LogP contribution in [0.1, 0.15) is 16.9 Å².